The Morgan fingerprint density at radius 1 is 1.38 bits per heavy atom. The molecule has 114 valence electrons. The number of anilines is 2. The lowest BCUT2D eigenvalue weighted by Crippen LogP contribution is -2.21. The molecule has 0 saturated heterocycles. The standard InChI is InChI=1S/C12H14F3N5S/c1-7(4-8-2-3-21-6-8)17-10-5-9(12(13,14)15)18-11(19-10)20-16/h2-3,5-7H,4,16H2,1H3,(H2,17,18,19,20). The zero-order valence-corrected chi connectivity index (χ0v) is 11.9. The minimum absolute atomic E-state index is 0.0769. The Labute approximate surface area is 123 Å². The van der Waals surface area contributed by atoms with E-state index in [4.69, 9.17) is 5.84 Å². The van der Waals surface area contributed by atoms with Gasteiger partial charge in [0.2, 0.25) is 5.95 Å². The van der Waals surface area contributed by atoms with Gasteiger partial charge in [0, 0.05) is 12.1 Å². The van der Waals surface area contributed by atoms with Gasteiger partial charge in [-0.15, -0.1) is 0 Å². The largest absolute Gasteiger partial charge is 0.433 e. The Morgan fingerprint density at radius 3 is 2.71 bits per heavy atom. The molecule has 0 spiro atoms. The molecular formula is C12H14F3N5S. The van der Waals surface area contributed by atoms with Crippen molar-refractivity contribution in [3.05, 3.63) is 34.2 Å². The molecule has 2 heterocycles. The lowest BCUT2D eigenvalue weighted by molar-refractivity contribution is -0.141. The smallest absolute Gasteiger partial charge is 0.367 e. The van der Waals surface area contributed by atoms with Crippen LogP contribution in [-0.2, 0) is 12.6 Å². The van der Waals surface area contributed by atoms with Gasteiger partial charge >= 0.3 is 6.18 Å². The maximum absolute atomic E-state index is 12.7. The molecule has 0 aliphatic rings. The first-order chi connectivity index (χ1) is 9.88. The van der Waals surface area contributed by atoms with Crippen LogP contribution in [0.5, 0.6) is 0 Å². The van der Waals surface area contributed by atoms with Gasteiger partial charge in [0.05, 0.1) is 0 Å². The SMILES string of the molecule is CC(Cc1ccsc1)Nc1cc(C(F)(F)F)nc(NN)n1. The van der Waals surface area contributed by atoms with Gasteiger partial charge in [-0.3, -0.25) is 5.43 Å². The summed E-state index contributed by atoms with van der Waals surface area (Å²) in [6.07, 6.45) is -3.87. The van der Waals surface area contributed by atoms with Crippen LogP contribution in [0.25, 0.3) is 0 Å². The molecule has 4 N–H and O–H groups in total. The Balaban J connectivity index is 2.15. The Kier molecular flexibility index (Phi) is 4.63. The molecule has 2 aromatic rings. The number of hydrogen-bond donors (Lipinski definition) is 3. The van der Waals surface area contributed by atoms with Crippen molar-refractivity contribution in [3.63, 3.8) is 0 Å². The molecule has 1 atom stereocenters. The zero-order valence-electron chi connectivity index (χ0n) is 11.1. The van der Waals surface area contributed by atoms with Crippen LogP contribution in [0.3, 0.4) is 0 Å². The second-order valence-electron chi connectivity index (χ2n) is 4.49. The monoisotopic (exact) mass is 317 g/mol. The average molecular weight is 317 g/mol. The number of halogens is 3. The first kappa shape index (κ1) is 15.5. The molecule has 2 rings (SSSR count). The number of rotatable bonds is 5. The van der Waals surface area contributed by atoms with Gasteiger partial charge in [0.1, 0.15) is 5.82 Å². The summed E-state index contributed by atoms with van der Waals surface area (Å²) in [5.41, 5.74) is 2.11. The Bertz CT molecular complexity index is 585. The van der Waals surface area contributed by atoms with Crippen LogP contribution in [-0.4, -0.2) is 16.0 Å². The summed E-state index contributed by atoms with van der Waals surface area (Å²) in [7, 11) is 0. The van der Waals surface area contributed by atoms with Crippen LogP contribution in [0.4, 0.5) is 24.9 Å². The number of nitrogens with one attached hydrogen (secondary N) is 2. The summed E-state index contributed by atoms with van der Waals surface area (Å²) in [6.45, 7) is 1.86. The van der Waals surface area contributed by atoms with Gasteiger partial charge in [-0.25, -0.2) is 10.8 Å². The van der Waals surface area contributed by atoms with Gasteiger partial charge in [0.15, 0.2) is 5.69 Å². The third kappa shape index (κ3) is 4.30. The van der Waals surface area contributed by atoms with E-state index in [9.17, 15) is 13.2 Å². The summed E-state index contributed by atoms with van der Waals surface area (Å²) in [6, 6.07) is 2.75. The third-order valence-electron chi connectivity index (χ3n) is 2.66. The maximum atomic E-state index is 12.7. The summed E-state index contributed by atoms with van der Waals surface area (Å²) in [5.74, 6) is 4.90. The second kappa shape index (κ2) is 6.27. The lowest BCUT2D eigenvalue weighted by Gasteiger charge is -2.16. The van der Waals surface area contributed by atoms with Crippen LogP contribution < -0.4 is 16.6 Å². The molecule has 0 aliphatic carbocycles. The molecule has 21 heavy (non-hydrogen) atoms. The van der Waals surface area contributed by atoms with Crippen molar-refractivity contribution < 1.29 is 13.2 Å². The topological polar surface area (TPSA) is 75.9 Å². The number of hydrazine groups is 1. The fraction of sp³-hybridized carbons (Fsp3) is 0.333. The van der Waals surface area contributed by atoms with E-state index in [0.29, 0.717) is 6.42 Å². The average Bonchev–Trinajstić information content (AvgIpc) is 2.89. The molecule has 2 aromatic heterocycles. The van der Waals surface area contributed by atoms with Gasteiger partial charge in [-0.2, -0.15) is 29.5 Å². The van der Waals surface area contributed by atoms with Crippen LogP contribution in [0, 0.1) is 0 Å². The highest BCUT2D eigenvalue weighted by atomic mass is 32.1. The van der Waals surface area contributed by atoms with Gasteiger partial charge < -0.3 is 5.32 Å². The minimum Gasteiger partial charge on any atom is -0.367 e. The maximum Gasteiger partial charge on any atom is 0.433 e. The van der Waals surface area contributed by atoms with E-state index in [2.05, 4.69) is 15.3 Å². The fourth-order valence-electron chi connectivity index (χ4n) is 1.80. The van der Waals surface area contributed by atoms with E-state index >= 15 is 0 Å². The number of aromatic nitrogens is 2. The minimum atomic E-state index is -4.55. The molecule has 0 radical (unpaired) electrons. The van der Waals surface area contributed by atoms with Gasteiger partial charge in [-0.05, 0) is 35.7 Å². The molecule has 0 bridgehead atoms. The fourth-order valence-corrected chi connectivity index (χ4v) is 2.48. The van der Waals surface area contributed by atoms with E-state index in [-0.39, 0.29) is 17.8 Å². The number of alkyl halides is 3. The number of nitrogen functional groups attached to an aromatic ring is 1. The van der Waals surface area contributed by atoms with E-state index in [1.165, 1.54) is 0 Å². The molecule has 9 heteroatoms. The molecule has 0 aromatic carbocycles. The predicted octanol–water partition coefficient (Wildman–Crippen LogP) is 2.89. The normalized spacial score (nSPS) is 13.0. The number of nitrogens with zero attached hydrogens (tertiary/aromatic N) is 2. The van der Waals surface area contributed by atoms with Crippen molar-refractivity contribution in [2.45, 2.75) is 25.6 Å². The summed E-state index contributed by atoms with van der Waals surface area (Å²) in [4.78, 5) is 7.17. The number of thiophene rings is 1. The molecule has 0 saturated carbocycles. The van der Waals surface area contributed by atoms with Crippen molar-refractivity contribution in [1.29, 1.82) is 0 Å². The van der Waals surface area contributed by atoms with Crippen LogP contribution in [0.15, 0.2) is 22.9 Å². The van der Waals surface area contributed by atoms with Crippen molar-refractivity contribution in [2.75, 3.05) is 10.7 Å². The summed E-state index contributed by atoms with van der Waals surface area (Å²) in [5, 5.41) is 6.87. The molecule has 1 unspecified atom stereocenters. The van der Waals surface area contributed by atoms with Crippen molar-refractivity contribution >= 4 is 23.1 Å². The van der Waals surface area contributed by atoms with E-state index in [0.717, 1.165) is 11.6 Å². The van der Waals surface area contributed by atoms with Gasteiger partial charge in [-0.1, -0.05) is 0 Å². The highest BCUT2D eigenvalue weighted by molar-refractivity contribution is 7.07. The quantitative estimate of drug-likeness (QED) is 0.584. The summed E-state index contributed by atoms with van der Waals surface area (Å²) >= 11 is 1.57. The molecule has 5 nitrogen and oxygen atoms in total. The second-order valence-corrected chi connectivity index (χ2v) is 5.27. The number of hydrogen-bond acceptors (Lipinski definition) is 6. The molecule has 0 aliphatic heterocycles. The van der Waals surface area contributed by atoms with Crippen LogP contribution in [0.1, 0.15) is 18.2 Å². The third-order valence-corrected chi connectivity index (χ3v) is 3.39. The lowest BCUT2D eigenvalue weighted by atomic mass is 10.1. The first-order valence-corrected chi connectivity index (χ1v) is 7.03. The zero-order chi connectivity index (χ0) is 15.5. The van der Waals surface area contributed by atoms with Crippen molar-refractivity contribution in [2.24, 2.45) is 5.84 Å². The van der Waals surface area contributed by atoms with E-state index < -0.39 is 11.9 Å². The molecule has 0 fully saturated rings. The van der Waals surface area contributed by atoms with E-state index in [1.807, 2.05) is 29.2 Å². The van der Waals surface area contributed by atoms with E-state index in [1.54, 1.807) is 11.3 Å². The van der Waals surface area contributed by atoms with Crippen molar-refractivity contribution in [3.8, 4) is 0 Å². The van der Waals surface area contributed by atoms with Crippen molar-refractivity contribution in [1.82, 2.24) is 9.97 Å². The Hall–Kier alpha value is -1.87. The highest BCUT2D eigenvalue weighted by Gasteiger charge is 2.33. The van der Waals surface area contributed by atoms with Gasteiger partial charge in [0.25, 0.3) is 0 Å². The summed E-state index contributed by atoms with van der Waals surface area (Å²) < 4.78 is 38.2. The number of nitrogens with two attached hydrogens (primary N) is 1. The first-order valence-electron chi connectivity index (χ1n) is 6.09. The molecule has 0 amide bonds. The van der Waals surface area contributed by atoms with Crippen LogP contribution >= 0.6 is 11.3 Å². The molecular weight excluding hydrogens is 303 g/mol. The Morgan fingerprint density at radius 2 is 2.14 bits per heavy atom. The predicted molar refractivity (Wildman–Crippen MR) is 76.0 cm³/mol. The highest BCUT2D eigenvalue weighted by Crippen LogP contribution is 2.29. The van der Waals surface area contributed by atoms with Crippen LogP contribution in [0.2, 0.25) is 0 Å².